The molecule has 1 fully saturated rings. The Kier molecular flexibility index (Phi) is 2.68. The summed E-state index contributed by atoms with van der Waals surface area (Å²) in [6.07, 6.45) is 3.85. The first kappa shape index (κ1) is 9.46. The molecule has 1 N–H and O–H groups in total. The Bertz CT molecular complexity index is 311. The average molecular weight is 191 g/mol. The normalized spacial score (nSPS) is 22.4. The third-order valence-corrected chi connectivity index (χ3v) is 2.59. The average Bonchev–Trinajstić information content (AvgIpc) is 2.18. The predicted octanol–water partition coefficient (Wildman–Crippen LogP) is 1.19. The minimum absolute atomic E-state index is 0.573. The van der Waals surface area contributed by atoms with Crippen molar-refractivity contribution in [1.29, 1.82) is 0 Å². The lowest BCUT2D eigenvalue weighted by molar-refractivity contribution is 0.484. The topological polar surface area (TPSA) is 28.2 Å². The fourth-order valence-electron chi connectivity index (χ4n) is 1.88. The Hall–Kier alpha value is -1.09. The molecule has 0 saturated carbocycles. The van der Waals surface area contributed by atoms with Gasteiger partial charge in [-0.25, -0.2) is 0 Å². The molecule has 1 aliphatic heterocycles. The second-order valence-corrected chi connectivity index (χ2v) is 4.02. The lowest BCUT2D eigenvalue weighted by atomic mass is 10.2. The second kappa shape index (κ2) is 3.96. The summed E-state index contributed by atoms with van der Waals surface area (Å²) in [7, 11) is 0. The molecule has 0 spiro atoms. The zero-order chi connectivity index (χ0) is 9.97. The van der Waals surface area contributed by atoms with Crippen molar-refractivity contribution in [2.24, 2.45) is 0 Å². The van der Waals surface area contributed by atoms with Crippen LogP contribution in [0.4, 0.5) is 5.69 Å². The van der Waals surface area contributed by atoms with Crippen LogP contribution in [0.2, 0.25) is 0 Å². The molecule has 1 saturated heterocycles. The van der Waals surface area contributed by atoms with E-state index in [9.17, 15) is 0 Å². The first-order chi connectivity index (χ1) is 6.75. The number of hydrogen-bond acceptors (Lipinski definition) is 3. The van der Waals surface area contributed by atoms with Crippen LogP contribution in [-0.2, 0) is 0 Å². The van der Waals surface area contributed by atoms with Gasteiger partial charge in [0.05, 0.1) is 11.9 Å². The van der Waals surface area contributed by atoms with E-state index < -0.39 is 0 Å². The minimum atomic E-state index is 0.573. The largest absolute Gasteiger partial charge is 0.367 e. The highest BCUT2D eigenvalue weighted by Gasteiger charge is 2.15. The molecule has 0 aromatic carbocycles. The molecule has 76 valence electrons. The van der Waals surface area contributed by atoms with Gasteiger partial charge in [0.1, 0.15) is 0 Å². The summed E-state index contributed by atoms with van der Waals surface area (Å²) in [5.41, 5.74) is 2.48. The van der Waals surface area contributed by atoms with E-state index in [0.717, 1.165) is 19.6 Å². The Labute approximate surface area is 85.1 Å². The molecule has 1 aliphatic rings. The number of aromatic nitrogens is 1. The van der Waals surface area contributed by atoms with Gasteiger partial charge < -0.3 is 10.2 Å². The molecule has 0 radical (unpaired) electrons. The van der Waals surface area contributed by atoms with Crippen LogP contribution >= 0.6 is 0 Å². The molecular formula is C11H17N3. The van der Waals surface area contributed by atoms with Crippen molar-refractivity contribution in [2.45, 2.75) is 19.9 Å². The molecule has 2 heterocycles. The number of piperazine rings is 1. The van der Waals surface area contributed by atoms with E-state index in [4.69, 9.17) is 0 Å². The van der Waals surface area contributed by atoms with Crippen LogP contribution in [0.3, 0.4) is 0 Å². The van der Waals surface area contributed by atoms with E-state index in [0.29, 0.717) is 6.04 Å². The summed E-state index contributed by atoms with van der Waals surface area (Å²) >= 11 is 0. The fraction of sp³-hybridized carbons (Fsp3) is 0.545. The van der Waals surface area contributed by atoms with Gasteiger partial charge in [-0.3, -0.25) is 4.98 Å². The minimum Gasteiger partial charge on any atom is -0.367 e. The number of anilines is 1. The van der Waals surface area contributed by atoms with Gasteiger partial charge in [-0.2, -0.15) is 0 Å². The monoisotopic (exact) mass is 191 g/mol. The quantitative estimate of drug-likeness (QED) is 0.722. The van der Waals surface area contributed by atoms with Crippen molar-refractivity contribution >= 4 is 5.69 Å². The lowest BCUT2D eigenvalue weighted by Gasteiger charge is -2.33. The zero-order valence-corrected chi connectivity index (χ0v) is 8.83. The van der Waals surface area contributed by atoms with Crippen LogP contribution in [-0.4, -0.2) is 30.7 Å². The molecule has 0 aliphatic carbocycles. The van der Waals surface area contributed by atoms with Crippen LogP contribution in [0.15, 0.2) is 18.5 Å². The van der Waals surface area contributed by atoms with Crippen molar-refractivity contribution in [2.75, 3.05) is 24.5 Å². The molecule has 0 bridgehead atoms. The first-order valence-electron chi connectivity index (χ1n) is 5.15. The molecule has 2 rings (SSSR count). The molecule has 1 aromatic heterocycles. The summed E-state index contributed by atoms with van der Waals surface area (Å²) in [6, 6.07) is 2.77. The Morgan fingerprint density at radius 1 is 1.50 bits per heavy atom. The third-order valence-electron chi connectivity index (χ3n) is 2.59. The van der Waals surface area contributed by atoms with Gasteiger partial charge in [-0.05, 0) is 25.5 Å². The smallest absolute Gasteiger partial charge is 0.0556 e. The SMILES string of the molecule is Cc1cncc(N2CCNC(C)C2)c1. The maximum Gasteiger partial charge on any atom is 0.0556 e. The molecule has 3 nitrogen and oxygen atoms in total. The molecule has 3 heteroatoms. The van der Waals surface area contributed by atoms with Gasteiger partial charge in [0, 0.05) is 31.9 Å². The van der Waals surface area contributed by atoms with Crippen molar-refractivity contribution in [3.8, 4) is 0 Å². The van der Waals surface area contributed by atoms with Crippen LogP contribution in [0.25, 0.3) is 0 Å². The highest BCUT2D eigenvalue weighted by molar-refractivity contribution is 5.46. The maximum absolute atomic E-state index is 4.22. The van der Waals surface area contributed by atoms with E-state index >= 15 is 0 Å². The van der Waals surface area contributed by atoms with Gasteiger partial charge in [-0.1, -0.05) is 0 Å². The third kappa shape index (κ3) is 2.04. The Balaban J connectivity index is 2.14. The molecule has 1 atom stereocenters. The molecule has 1 aromatic rings. The first-order valence-corrected chi connectivity index (χ1v) is 5.15. The Morgan fingerprint density at radius 3 is 3.07 bits per heavy atom. The van der Waals surface area contributed by atoms with Gasteiger partial charge in [0.25, 0.3) is 0 Å². The summed E-state index contributed by atoms with van der Waals surface area (Å²) < 4.78 is 0. The number of aryl methyl sites for hydroxylation is 1. The summed E-state index contributed by atoms with van der Waals surface area (Å²) in [6.45, 7) is 7.52. The number of rotatable bonds is 1. The van der Waals surface area contributed by atoms with E-state index in [1.165, 1.54) is 11.3 Å². The van der Waals surface area contributed by atoms with Crippen molar-refractivity contribution in [1.82, 2.24) is 10.3 Å². The summed E-state index contributed by atoms with van der Waals surface area (Å²) in [5, 5.41) is 3.43. The fourth-order valence-corrected chi connectivity index (χ4v) is 1.88. The highest BCUT2D eigenvalue weighted by atomic mass is 15.2. The van der Waals surface area contributed by atoms with E-state index in [1.54, 1.807) is 0 Å². The van der Waals surface area contributed by atoms with E-state index in [-0.39, 0.29) is 0 Å². The van der Waals surface area contributed by atoms with E-state index in [2.05, 4.69) is 35.1 Å². The number of nitrogens with zero attached hydrogens (tertiary/aromatic N) is 2. The van der Waals surface area contributed by atoms with Crippen molar-refractivity contribution in [3.63, 3.8) is 0 Å². The van der Waals surface area contributed by atoms with Crippen LogP contribution in [0.1, 0.15) is 12.5 Å². The van der Waals surface area contributed by atoms with Crippen molar-refractivity contribution in [3.05, 3.63) is 24.0 Å². The van der Waals surface area contributed by atoms with Crippen LogP contribution < -0.4 is 10.2 Å². The van der Waals surface area contributed by atoms with Gasteiger partial charge in [0.15, 0.2) is 0 Å². The lowest BCUT2D eigenvalue weighted by Crippen LogP contribution is -2.49. The Morgan fingerprint density at radius 2 is 2.36 bits per heavy atom. The number of hydrogen-bond donors (Lipinski definition) is 1. The van der Waals surface area contributed by atoms with Gasteiger partial charge in [-0.15, -0.1) is 0 Å². The van der Waals surface area contributed by atoms with Gasteiger partial charge in [0.2, 0.25) is 0 Å². The predicted molar refractivity (Wildman–Crippen MR) is 58.7 cm³/mol. The molecular weight excluding hydrogens is 174 g/mol. The molecule has 14 heavy (non-hydrogen) atoms. The standard InChI is InChI=1S/C11H17N3/c1-9-5-11(7-12-6-9)14-4-3-13-10(2)8-14/h5-7,10,13H,3-4,8H2,1-2H3. The van der Waals surface area contributed by atoms with Crippen LogP contribution in [0, 0.1) is 6.92 Å². The number of pyridine rings is 1. The second-order valence-electron chi connectivity index (χ2n) is 4.02. The van der Waals surface area contributed by atoms with Crippen molar-refractivity contribution < 1.29 is 0 Å². The summed E-state index contributed by atoms with van der Waals surface area (Å²) in [4.78, 5) is 6.61. The van der Waals surface area contributed by atoms with Crippen LogP contribution in [0.5, 0.6) is 0 Å². The summed E-state index contributed by atoms with van der Waals surface area (Å²) in [5.74, 6) is 0. The highest BCUT2D eigenvalue weighted by Crippen LogP contribution is 2.15. The number of nitrogens with one attached hydrogen (secondary N) is 1. The molecule has 0 amide bonds. The van der Waals surface area contributed by atoms with Gasteiger partial charge >= 0.3 is 0 Å². The maximum atomic E-state index is 4.22. The zero-order valence-electron chi connectivity index (χ0n) is 8.83. The molecule has 1 unspecified atom stereocenters. The van der Waals surface area contributed by atoms with E-state index in [1.807, 2.05) is 12.4 Å².